The zero-order chi connectivity index (χ0) is 19.5. The van der Waals surface area contributed by atoms with Gasteiger partial charge in [0, 0.05) is 32.2 Å². The average Bonchev–Trinajstić information content (AvgIpc) is 3.15. The second kappa shape index (κ2) is 13.2. The van der Waals surface area contributed by atoms with E-state index >= 15 is 0 Å². The molecule has 0 amide bonds. The lowest BCUT2D eigenvalue weighted by Gasteiger charge is -2.13. The average molecular weight is 515 g/mol. The molecule has 0 saturated carbocycles. The van der Waals surface area contributed by atoms with E-state index in [0.717, 1.165) is 44.8 Å². The lowest BCUT2D eigenvalue weighted by molar-refractivity contribution is -0.137. The highest BCUT2D eigenvalue weighted by Crippen LogP contribution is 2.29. The van der Waals surface area contributed by atoms with Crippen LogP contribution < -0.4 is 10.6 Å². The van der Waals surface area contributed by atoms with Crippen LogP contribution in [0.25, 0.3) is 0 Å². The van der Waals surface area contributed by atoms with Gasteiger partial charge in [-0.05, 0) is 37.5 Å². The SMILES string of the molecule is CCNC(=NCc1cccc(C(F)(F)F)c1)NCCCOCC1CCOC1.I. The van der Waals surface area contributed by atoms with Crippen molar-refractivity contribution in [2.75, 3.05) is 39.5 Å². The minimum Gasteiger partial charge on any atom is -0.381 e. The minimum atomic E-state index is -4.34. The van der Waals surface area contributed by atoms with E-state index in [2.05, 4.69) is 15.6 Å². The van der Waals surface area contributed by atoms with Crippen LogP contribution in [0, 0.1) is 5.92 Å². The maximum absolute atomic E-state index is 12.8. The number of ether oxygens (including phenoxy) is 2. The third-order valence-corrected chi connectivity index (χ3v) is 4.15. The molecule has 1 fully saturated rings. The second-order valence-corrected chi connectivity index (χ2v) is 6.48. The first kappa shape index (κ1) is 25.0. The molecule has 0 spiro atoms. The van der Waals surface area contributed by atoms with Crippen LogP contribution in [0.2, 0.25) is 0 Å². The lowest BCUT2D eigenvalue weighted by Crippen LogP contribution is -2.38. The van der Waals surface area contributed by atoms with Crippen molar-refractivity contribution in [2.24, 2.45) is 10.9 Å². The van der Waals surface area contributed by atoms with Crippen molar-refractivity contribution in [3.63, 3.8) is 0 Å². The number of benzene rings is 1. The molecule has 1 saturated heterocycles. The monoisotopic (exact) mass is 515 g/mol. The summed E-state index contributed by atoms with van der Waals surface area (Å²) in [5.74, 6) is 1.09. The molecule has 2 N–H and O–H groups in total. The maximum atomic E-state index is 12.8. The van der Waals surface area contributed by atoms with Gasteiger partial charge in [-0.15, -0.1) is 24.0 Å². The quantitative estimate of drug-likeness (QED) is 0.227. The van der Waals surface area contributed by atoms with Gasteiger partial charge in [-0.2, -0.15) is 13.2 Å². The summed E-state index contributed by atoms with van der Waals surface area (Å²) in [4.78, 5) is 4.36. The molecule has 1 aliphatic rings. The van der Waals surface area contributed by atoms with Crippen molar-refractivity contribution in [3.05, 3.63) is 35.4 Å². The van der Waals surface area contributed by atoms with E-state index in [1.54, 1.807) is 6.07 Å². The molecule has 1 aromatic carbocycles. The Bertz CT molecular complexity index is 594. The zero-order valence-electron chi connectivity index (χ0n) is 16.1. The maximum Gasteiger partial charge on any atom is 0.416 e. The van der Waals surface area contributed by atoms with Crippen LogP contribution in [0.15, 0.2) is 29.3 Å². The van der Waals surface area contributed by atoms with Crippen LogP contribution in [-0.2, 0) is 22.2 Å². The number of aliphatic imine (C=N–C) groups is 1. The smallest absolute Gasteiger partial charge is 0.381 e. The second-order valence-electron chi connectivity index (χ2n) is 6.48. The molecule has 1 aliphatic heterocycles. The Labute approximate surface area is 181 Å². The highest BCUT2D eigenvalue weighted by Gasteiger charge is 2.30. The number of guanidine groups is 1. The summed E-state index contributed by atoms with van der Waals surface area (Å²) in [5, 5.41) is 6.27. The summed E-state index contributed by atoms with van der Waals surface area (Å²) < 4.78 is 49.3. The van der Waals surface area contributed by atoms with Crippen molar-refractivity contribution in [1.29, 1.82) is 0 Å². The molecule has 2 rings (SSSR count). The van der Waals surface area contributed by atoms with Crippen molar-refractivity contribution < 1.29 is 22.6 Å². The summed E-state index contributed by atoms with van der Waals surface area (Å²) in [6, 6.07) is 5.24. The zero-order valence-corrected chi connectivity index (χ0v) is 18.4. The summed E-state index contributed by atoms with van der Waals surface area (Å²) in [6.45, 7) is 6.45. The highest BCUT2D eigenvalue weighted by atomic mass is 127. The Hall–Kier alpha value is -1.07. The van der Waals surface area contributed by atoms with E-state index in [1.807, 2.05) is 6.92 Å². The summed E-state index contributed by atoms with van der Waals surface area (Å²) in [7, 11) is 0. The molecular weight excluding hydrogens is 486 g/mol. The first-order chi connectivity index (χ1) is 13.0. The summed E-state index contributed by atoms with van der Waals surface area (Å²) in [6.07, 6.45) is -2.46. The molecule has 0 aromatic heterocycles. The largest absolute Gasteiger partial charge is 0.416 e. The predicted octanol–water partition coefficient (Wildman–Crippen LogP) is 3.82. The molecule has 9 heteroatoms. The van der Waals surface area contributed by atoms with Crippen LogP contribution in [0.5, 0.6) is 0 Å². The van der Waals surface area contributed by atoms with E-state index in [4.69, 9.17) is 9.47 Å². The first-order valence-electron chi connectivity index (χ1n) is 9.33. The normalized spacial score (nSPS) is 17.3. The van der Waals surface area contributed by atoms with E-state index in [9.17, 15) is 13.2 Å². The third-order valence-electron chi connectivity index (χ3n) is 4.15. The first-order valence-corrected chi connectivity index (χ1v) is 9.33. The van der Waals surface area contributed by atoms with Crippen molar-refractivity contribution in [1.82, 2.24) is 10.6 Å². The van der Waals surface area contributed by atoms with E-state index in [0.29, 0.717) is 37.1 Å². The third kappa shape index (κ3) is 9.42. The van der Waals surface area contributed by atoms with Gasteiger partial charge in [-0.25, -0.2) is 4.99 Å². The number of rotatable bonds is 9. The molecule has 1 unspecified atom stereocenters. The van der Waals surface area contributed by atoms with Crippen molar-refractivity contribution >= 4 is 29.9 Å². The minimum absolute atomic E-state index is 0. The molecule has 1 atom stereocenters. The topological polar surface area (TPSA) is 54.9 Å². The highest BCUT2D eigenvalue weighted by molar-refractivity contribution is 14.0. The van der Waals surface area contributed by atoms with E-state index in [-0.39, 0.29) is 30.5 Å². The predicted molar refractivity (Wildman–Crippen MR) is 114 cm³/mol. The van der Waals surface area contributed by atoms with Gasteiger partial charge in [-0.3, -0.25) is 0 Å². The van der Waals surface area contributed by atoms with Gasteiger partial charge in [-0.1, -0.05) is 12.1 Å². The molecule has 5 nitrogen and oxygen atoms in total. The van der Waals surface area contributed by atoms with Gasteiger partial charge < -0.3 is 20.1 Å². The number of alkyl halides is 3. The van der Waals surface area contributed by atoms with Gasteiger partial charge in [0.05, 0.1) is 25.3 Å². The Balaban J connectivity index is 0.00000392. The van der Waals surface area contributed by atoms with Gasteiger partial charge in [0.15, 0.2) is 5.96 Å². The summed E-state index contributed by atoms with van der Waals surface area (Å²) >= 11 is 0. The Morgan fingerprint density at radius 1 is 1.32 bits per heavy atom. The van der Waals surface area contributed by atoms with E-state index in [1.165, 1.54) is 6.07 Å². The van der Waals surface area contributed by atoms with Gasteiger partial charge in [0.25, 0.3) is 0 Å². The van der Waals surface area contributed by atoms with Crippen LogP contribution in [-0.4, -0.2) is 45.5 Å². The molecule has 0 bridgehead atoms. The Morgan fingerprint density at radius 2 is 2.14 bits per heavy atom. The number of nitrogens with zero attached hydrogens (tertiary/aromatic N) is 1. The summed E-state index contributed by atoms with van der Waals surface area (Å²) in [5.41, 5.74) is -0.137. The van der Waals surface area contributed by atoms with Gasteiger partial charge >= 0.3 is 6.18 Å². The van der Waals surface area contributed by atoms with Crippen LogP contribution >= 0.6 is 24.0 Å². The fourth-order valence-corrected chi connectivity index (χ4v) is 2.70. The molecule has 1 aromatic rings. The Morgan fingerprint density at radius 3 is 2.82 bits per heavy atom. The van der Waals surface area contributed by atoms with Crippen LogP contribution in [0.1, 0.15) is 30.9 Å². The van der Waals surface area contributed by atoms with Crippen molar-refractivity contribution in [3.8, 4) is 0 Å². The number of hydrogen-bond acceptors (Lipinski definition) is 3. The number of hydrogen-bond donors (Lipinski definition) is 2. The van der Waals surface area contributed by atoms with Crippen LogP contribution in [0.3, 0.4) is 0 Å². The molecule has 28 heavy (non-hydrogen) atoms. The fraction of sp³-hybridized carbons (Fsp3) is 0.632. The van der Waals surface area contributed by atoms with E-state index < -0.39 is 11.7 Å². The lowest BCUT2D eigenvalue weighted by atomic mass is 10.1. The number of nitrogens with one attached hydrogen (secondary N) is 2. The molecule has 160 valence electrons. The Kier molecular flexibility index (Phi) is 11.8. The molecule has 0 radical (unpaired) electrons. The molecular formula is C19H29F3IN3O2. The van der Waals surface area contributed by atoms with Gasteiger partial charge in [0.1, 0.15) is 0 Å². The van der Waals surface area contributed by atoms with Crippen LogP contribution in [0.4, 0.5) is 13.2 Å². The fourth-order valence-electron chi connectivity index (χ4n) is 2.70. The van der Waals surface area contributed by atoms with Gasteiger partial charge in [0.2, 0.25) is 0 Å². The van der Waals surface area contributed by atoms with Crippen molar-refractivity contribution in [2.45, 2.75) is 32.5 Å². The standard InChI is InChI=1S/C19H28F3N3O2.HI/c1-2-23-18(24-8-4-9-26-13-16-7-10-27-14-16)25-12-15-5-3-6-17(11-15)19(20,21)22;/h3,5-6,11,16H,2,4,7-10,12-14H2,1H3,(H2,23,24,25);1H. The molecule has 1 heterocycles. The number of halogens is 4. The molecule has 0 aliphatic carbocycles.